The Morgan fingerprint density at radius 3 is 2.67 bits per heavy atom. The molecule has 3 heteroatoms. The average Bonchev–Trinajstić information content (AvgIpc) is 2.36. The maximum atomic E-state index is 13.8. The monoisotopic (exact) mass is 268 g/mol. The third-order valence-electron chi connectivity index (χ3n) is 4.01. The Labute approximate surface area is 112 Å². The molecule has 0 amide bonds. The van der Waals surface area contributed by atoms with Crippen molar-refractivity contribution in [1.29, 1.82) is 0 Å². The number of hydrogen-bond donors (Lipinski definition) is 0. The van der Waals surface area contributed by atoms with Crippen LogP contribution < -0.4 is 0 Å². The van der Waals surface area contributed by atoms with Gasteiger partial charge in [0, 0.05) is 11.8 Å². The van der Waals surface area contributed by atoms with Crippen molar-refractivity contribution in [1.82, 2.24) is 0 Å². The first-order chi connectivity index (χ1) is 8.53. The molecule has 18 heavy (non-hydrogen) atoms. The van der Waals surface area contributed by atoms with Crippen LogP contribution in [0.2, 0.25) is 5.02 Å². The largest absolute Gasteiger partial charge is 0.299 e. The number of hydrogen-bond acceptors (Lipinski definition) is 1. The molecule has 1 nitrogen and oxygen atoms in total. The Balaban J connectivity index is 2.13. The van der Waals surface area contributed by atoms with E-state index in [0.717, 1.165) is 25.7 Å². The number of ketones is 1. The summed E-state index contributed by atoms with van der Waals surface area (Å²) in [5.74, 6) is -0.310. The SMILES string of the molecule is CC1(C(=O)Cc2cccc(Cl)c2F)CCCCC1. The van der Waals surface area contributed by atoms with Crippen LogP contribution in [-0.2, 0) is 11.2 Å². The van der Waals surface area contributed by atoms with E-state index in [1.165, 1.54) is 12.5 Å². The second kappa shape index (κ2) is 5.40. The van der Waals surface area contributed by atoms with Gasteiger partial charge in [0.05, 0.1) is 5.02 Å². The van der Waals surface area contributed by atoms with E-state index in [1.807, 2.05) is 6.92 Å². The molecule has 1 aliphatic carbocycles. The van der Waals surface area contributed by atoms with Gasteiger partial charge in [-0.05, 0) is 24.5 Å². The van der Waals surface area contributed by atoms with E-state index in [9.17, 15) is 9.18 Å². The molecule has 0 aromatic heterocycles. The normalized spacial score (nSPS) is 18.6. The van der Waals surface area contributed by atoms with E-state index in [2.05, 4.69) is 0 Å². The molecule has 1 aliphatic rings. The fourth-order valence-corrected chi connectivity index (χ4v) is 2.88. The molecule has 1 aromatic carbocycles. The predicted octanol–water partition coefficient (Wildman–Crippen LogP) is 4.56. The van der Waals surface area contributed by atoms with E-state index < -0.39 is 5.82 Å². The molecular formula is C15H18ClFO. The molecule has 0 bridgehead atoms. The van der Waals surface area contributed by atoms with Crippen molar-refractivity contribution in [3.8, 4) is 0 Å². The fraction of sp³-hybridized carbons (Fsp3) is 0.533. The molecule has 98 valence electrons. The van der Waals surface area contributed by atoms with Crippen molar-refractivity contribution >= 4 is 17.4 Å². The molecule has 1 aromatic rings. The third-order valence-corrected chi connectivity index (χ3v) is 4.30. The van der Waals surface area contributed by atoms with Crippen molar-refractivity contribution in [2.45, 2.75) is 45.4 Å². The second-order valence-electron chi connectivity index (χ2n) is 5.43. The van der Waals surface area contributed by atoms with Crippen LogP contribution >= 0.6 is 11.6 Å². The Morgan fingerprint density at radius 2 is 2.00 bits per heavy atom. The van der Waals surface area contributed by atoms with Crippen LogP contribution in [0, 0.1) is 11.2 Å². The first-order valence-electron chi connectivity index (χ1n) is 6.49. The Bertz CT molecular complexity index is 450. The summed E-state index contributed by atoms with van der Waals surface area (Å²) >= 11 is 5.73. The molecule has 1 saturated carbocycles. The zero-order chi connectivity index (χ0) is 13.2. The third kappa shape index (κ3) is 2.74. The zero-order valence-corrected chi connectivity index (χ0v) is 11.4. The van der Waals surface area contributed by atoms with Crippen LogP contribution in [0.25, 0.3) is 0 Å². The van der Waals surface area contributed by atoms with Crippen LogP contribution in [-0.4, -0.2) is 5.78 Å². The Morgan fingerprint density at radius 1 is 1.33 bits per heavy atom. The molecule has 0 heterocycles. The summed E-state index contributed by atoms with van der Waals surface area (Å²) in [7, 11) is 0. The molecule has 0 radical (unpaired) electrons. The van der Waals surface area contributed by atoms with Crippen LogP contribution in [0.15, 0.2) is 18.2 Å². The van der Waals surface area contributed by atoms with Crippen molar-refractivity contribution in [2.24, 2.45) is 5.41 Å². The van der Waals surface area contributed by atoms with Gasteiger partial charge in [0.2, 0.25) is 0 Å². The summed E-state index contributed by atoms with van der Waals surface area (Å²) in [4.78, 5) is 12.3. The smallest absolute Gasteiger partial charge is 0.145 e. The predicted molar refractivity (Wildman–Crippen MR) is 71.3 cm³/mol. The maximum Gasteiger partial charge on any atom is 0.145 e. The van der Waals surface area contributed by atoms with Gasteiger partial charge in [0.15, 0.2) is 0 Å². The molecule has 0 spiro atoms. The van der Waals surface area contributed by atoms with Crippen LogP contribution in [0.1, 0.15) is 44.6 Å². The number of carbonyl (C=O) groups excluding carboxylic acids is 1. The standard InChI is InChI=1S/C15H18ClFO/c1-15(8-3-2-4-9-15)13(18)10-11-6-5-7-12(16)14(11)17/h5-7H,2-4,8-10H2,1H3. The van der Waals surface area contributed by atoms with E-state index in [4.69, 9.17) is 11.6 Å². The van der Waals surface area contributed by atoms with Crippen molar-refractivity contribution in [3.63, 3.8) is 0 Å². The zero-order valence-electron chi connectivity index (χ0n) is 10.6. The van der Waals surface area contributed by atoms with Gasteiger partial charge in [-0.3, -0.25) is 4.79 Å². The van der Waals surface area contributed by atoms with Gasteiger partial charge in [0.25, 0.3) is 0 Å². The number of halogens is 2. The van der Waals surface area contributed by atoms with Gasteiger partial charge in [0.1, 0.15) is 11.6 Å². The Kier molecular flexibility index (Phi) is 4.06. The van der Waals surface area contributed by atoms with E-state index in [0.29, 0.717) is 5.56 Å². The fourth-order valence-electron chi connectivity index (χ4n) is 2.68. The summed E-state index contributed by atoms with van der Waals surface area (Å²) in [5.41, 5.74) is 0.145. The lowest BCUT2D eigenvalue weighted by molar-refractivity contribution is -0.128. The van der Waals surface area contributed by atoms with Gasteiger partial charge >= 0.3 is 0 Å². The van der Waals surface area contributed by atoms with Crippen molar-refractivity contribution < 1.29 is 9.18 Å². The van der Waals surface area contributed by atoms with E-state index >= 15 is 0 Å². The second-order valence-corrected chi connectivity index (χ2v) is 5.84. The molecule has 0 atom stereocenters. The van der Waals surface area contributed by atoms with Crippen molar-refractivity contribution in [3.05, 3.63) is 34.6 Å². The summed E-state index contributed by atoms with van der Waals surface area (Å²) < 4.78 is 13.8. The summed E-state index contributed by atoms with van der Waals surface area (Å²) in [6.45, 7) is 2.01. The molecule has 1 fully saturated rings. The van der Waals surface area contributed by atoms with Crippen LogP contribution in [0.5, 0.6) is 0 Å². The minimum absolute atomic E-state index is 0.0918. The minimum atomic E-state index is -0.452. The van der Waals surface area contributed by atoms with Gasteiger partial charge in [-0.2, -0.15) is 0 Å². The van der Waals surface area contributed by atoms with Gasteiger partial charge < -0.3 is 0 Å². The van der Waals surface area contributed by atoms with E-state index in [-0.39, 0.29) is 22.6 Å². The van der Waals surface area contributed by atoms with Gasteiger partial charge in [-0.25, -0.2) is 4.39 Å². The lowest BCUT2D eigenvalue weighted by Gasteiger charge is -2.32. The first-order valence-corrected chi connectivity index (χ1v) is 6.87. The summed E-state index contributed by atoms with van der Waals surface area (Å²) in [6, 6.07) is 4.84. The number of rotatable bonds is 3. The Hall–Kier alpha value is -0.890. The van der Waals surface area contributed by atoms with Gasteiger partial charge in [-0.1, -0.05) is 49.9 Å². The summed E-state index contributed by atoms with van der Waals surface area (Å²) in [5, 5.41) is 0.0918. The van der Waals surface area contributed by atoms with Crippen LogP contribution in [0.4, 0.5) is 4.39 Å². The molecule has 0 N–H and O–H groups in total. The topological polar surface area (TPSA) is 17.1 Å². The highest BCUT2D eigenvalue weighted by Crippen LogP contribution is 2.37. The number of carbonyl (C=O) groups is 1. The molecule has 0 unspecified atom stereocenters. The minimum Gasteiger partial charge on any atom is -0.299 e. The molecular weight excluding hydrogens is 251 g/mol. The number of Topliss-reactive ketones (excluding diaryl/α,β-unsaturated/α-hetero) is 1. The average molecular weight is 269 g/mol. The maximum absolute atomic E-state index is 13.8. The highest BCUT2D eigenvalue weighted by Gasteiger charge is 2.34. The van der Waals surface area contributed by atoms with Crippen molar-refractivity contribution in [2.75, 3.05) is 0 Å². The quantitative estimate of drug-likeness (QED) is 0.785. The lowest BCUT2D eigenvalue weighted by Crippen LogP contribution is -2.31. The summed E-state index contributed by atoms with van der Waals surface area (Å²) in [6.07, 6.45) is 5.40. The van der Waals surface area contributed by atoms with E-state index in [1.54, 1.807) is 12.1 Å². The molecule has 0 saturated heterocycles. The highest BCUT2D eigenvalue weighted by molar-refractivity contribution is 6.30. The molecule has 2 rings (SSSR count). The number of benzene rings is 1. The molecule has 0 aliphatic heterocycles. The lowest BCUT2D eigenvalue weighted by atomic mass is 9.71. The van der Waals surface area contributed by atoms with Crippen LogP contribution in [0.3, 0.4) is 0 Å². The first kappa shape index (κ1) is 13.5. The highest BCUT2D eigenvalue weighted by atomic mass is 35.5. The van der Waals surface area contributed by atoms with Gasteiger partial charge in [-0.15, -0.1) is 0 Å².